The third-order valence-electron chi connectivity index (χ3n) is 3.92. The molecular weight excluding hydrogens is 228 g/mol. The summed E-state index contributed by atoms with van der Waals surface area (Å²) in [6.07, 6.45) is 3.14. The highest BCUT2D eigenvalue weighted by atomic mass is 16.4. The second-order valence-corrected chi connectivity index (χ2v) is 5.12. The van der Waals surface area contributed by atoms with Crippen molar-refractivity contribution in [1.82, 2.24) is 5.32 Å². The van der Waals surface area contributed by atoms with Gasteiger partial charge in [-0.1, -0.05) is 6.07 Å². The zero-order valence-electron chi connectivity index (χ0n) is 10.4. The van der Waals surface area contributed by atoms with Crippen molar-refractivity contribution in [3.63, 3.8) is 0 Å². The Bertz CT molecular complexity index is 467. The summed E-state index contributed by atoms with van der Waals surface area (Å²) in [5, 5.41) is 12.1. The van der Waals surface area contributed by atoms with Crippen LogP contribution in [0.2, 0.25) is 0 Å². The van der Waals surface area contributed by atoms with Crippen molar-refractivity contribution in [3.8, 4) is 0 Å². The van der Waals surface area contributed by atoms with Crippen LogP contribution in [0.1, 0.15) is 24.0 Å². The van der Waals surface area contributed by atoms with Crippen molar-refractivity contribution in [3.05, 3.63) is 29.3 Å². The molecule has 1 saturated heterocycles. The lowest BCUT2D eigenvalue weighted by Crippen LogP contribution is -2.41. The average Bonchev–Trinajstić information content (AvgIpc) is 2.91. The molecule has 0 aliphatic carbocycles. The molecule has 3 rings (SSSR count). The van der Waals surface area contributed by atoms with E-state index in [9.17, 15) is 4.79 Å². The third kappa shape index (κ3) is 2.08. The van der Waals surface area contributed by atoms with E-state index >= 15 is 0 Å². The van der Waals surface area contributed by atoms with E-state index in [2.05, 4.69) is 28.4 Å². The first-order chi connectivity index (χ1) is 8.74. The van der Waals surface area contributed by atoms with Crippen LogP contribution >= 0.6 is 0 Å². The molecule has 0 spiro atoms. The number of carboxylic acids is 1. The quantitative estimate of drug-likeness (QED) is 0.828. The van der Waals surface area contributed by atoms with Crippen LogP contribution in [0, 0.1) is 0 Å². The zero-order chi connectivity index (χ0) is 12.5. The van der Waals surface area contributed by atoms with Crippen LogP contribution in [0.15, 0.2) is 18.2 Å². The molecule has 2 aliphatic heterocycles. The van der Waals surface area contributed by atoms with Gasteiger partial charge >= 0.3 is 5.97 Å². The lowest BCUT2D eigenvalue weighted by Gasteiger charge is -2.25. The van der Waals surface area contributed by atoms with E-state index in [1.54, 1.807) is 0 Å². The Morgan fingerprint density at radius 3 is 2.78 bits per heavy atom. The zero-order valence-corrected chi connectivity index (χ0v) is 10.4. The summed E-state index contributed by atoms with van der Waals surface area (Å²) in [5.74, 6) is -0.760. The Hall–Kier alpha value is -1.55. The number of nitrogens with one attached hydrogen (secondary N) is 1. The first-order valence-electron chi connectivity index (χ1n) is 6.57. The number of aliphatic carboxylic acids is 1. The van der Waals surface area contributed by atoms with E-state index in [1.165, 1.54) is 29.7 Å². The van der Waals surface area contributed by atoms with Crippen LogP contribution in [0.4, 0.5) is 5.69 Å². The fraction of sp³-hybridized carbons (Fsp3) is 0.500. The maximum absolute atomic E-state index is 11.0. The molecule has 1 fully saturated rings. The monoisotopic (exact) mass is 246 g/mol. The van der Waals surface area contributed by atoms with Gasteiger partial charge in [0.05, 0.1) is 0 Å². The molecule has 2 aliphatic rings. The van der Waals surface area contributed by atoms with E-state index in [0.29, 0.717) is 13.0 Å². The van der Waals surface area contributed by atoms with E-state index in [-0.39, 0.29) is 0 Å². The van der Waals surface area contributed by atoms with Gasteiger partial charge in [-0.2, -0.15) is 0 Å². The van der Waals surface area contributed by atoms with E-state index in [0.717, 1.165) is 13.1 Å². The van der Waals surface area contributed by atoms with Gasteiger partial charge in [0.1, 0.15) is 6.04 Å². The number of carboxylic acid groups (broad SMARTS) is 1. The summed E-state index contributed by atoms with van der Waals surface area (Å²) in [6.45, 7) is 2.95. The number of rotatable bonds is 2. The number of carbonyl (C=O) groups is 1. The van der Waals surface area contributed by atoms with Gasteiger partial charge < -0.3 is 15.3 Å². The van der Waals surface area contributed by atoms with Crippen molar-refractivity contribution < 1.29 is 9.90 Å². The molecule has 0 saturated carbocycles. The number of hydrogen-bond acceptors (Lipinski definition) is 3. The first kappa shape index (κ1) is 11.5. The minimum Gasteiger partial charge on any atom is -0.480 e. The van der Waals surface area contributed by atoms with Crippen LogP contribution in [0.3, 0.4) is 0 Å². The Balaban J connectivity index is 1.82. The molecule has 18 heavy (non-hydrogen) atoms. The average molecular weight is 246 g/mol. The maximum atomic E-state index is 11.0. The highest BCUT2D eigenvalue weighted by Crippen LogP contribution is 2.26. The third-order valence-corrected chi connectivity index (χ3v) is 3.92. The van der Waals surface area contributed by atoms with Crippen molar-refractivity contribution >= 4 is 11.7 Å². The minimum absolute atomic E-state index is 0.435. The van der Waals surface area contributed by atoms with Gasteiger partial charge in [0.15, 0.2) is 0 Å². The predicted molar refractivity (Wildman–Crippen MR) is 69.9 cm³/mol. The fourth-order valence-corrected chi connectivity index (χ4v) is 2.85. The molecule has 0 aromatic heterocycles. The molecule has 1 atom stereocenters. The molecule has 96 valence electrons. The number of hydrogen-bond donors (Lipinski definition) is 2. The molecule has 2 heterocycles. The van der Waals surface area contributed by atoms with Crippen molar-refractivity contribution in [2.75, 3.05) is 18.0 Å². The van der Waals surface area contributed by atoms with Gasteiger partial charge in [-0.15, -0.1) is 0 Å². The number of anilines is 1. The number of benzene rings is 1. The highest BCUT2D eigenvalue weighted by Gasteiger charge is 2.24. The molecular formula is C14H18N2O2. The van der Waals surface area contributed by atoms with Crippen LogP contribution in [-0.4, -0.2) is 30.2 Å². The van der Waals surface area contributed by atoms with Crippen molar-refractivity contribution in [2.24, 2.45) is 0 Å². The maximum Gasteiger partial charge on any atom is 0.321 e. The van der Waals surface area contributed by atoms with Crippen LogP contribution in [-0.2, 0) is 17.8 Å². The second kappa shape index (κ2) is 4.61. The minimum atomic E-state index is -0.760. The Kier molecular flexibility index (Phi) is 2.96. The summed E-state index contributed by atoms with van der Waals surface area (Å²) in [7, 11) is 0. The summed E-state index contributed by atoms with van der Waals surface area (Å²) >= 11 is 0. The molecule has 0 radical (unpaired) electrons. The number of fused-ring (bicyclic) bond motifs is 1. The molecule has 1 aromatic carbocycles. The van der Waals surface area contributed by atoms with Gasteiger partial charge in [0, 0.05) is 25.3 Å². The highest BCUT2D eigenvalue weighted by molar-refractivity contribution is 5.74. The predicted octanol–water partition coefficient (Wildman–Crippen LogP) is 1.39. The van der Waals surface area contributed by atoms with Gasteiger partial charge in [-0.3, -0.25) is 4.79 Å². The molecule has 4 heteroatoms. The van der Waals surface area contributed by atoms with Gasteiger partial charge in [0.2, 0.25) is 0 Å². The SMILES string of the molecule is O=C(O)C1Cc2ccc(N3CCCC3)cc2CN1. The summed E-state index contributed by atoms with van der Waals surface area (Å²) in [5.41, 5.74) is 3.70. The standard InChI is InChI=1S/C14H18N2O2/c17-14(18)13-8-10-3-4-12(7-11(10)9-15-13)16-5-1-2-6-16/h3-4,7,13,15H,1-2,5-6,8-9H2,(H,17,18). The lowest BCUT2D eigenvalue weighted by atomic mass is 9.95. The smallest absolute Gasteiger partial charge is 0.321 e. The normalized spacial score (nSPS) is 22.9. The van der Waals surface area contributed by atoms with Crippen molar-refractivity contribution in [2.45, 2.75) is 31.8 Å². The Morgan fingerprint density at radius 2 is 2.06 bits per heavy atom. The Morgan fingerprint density at radius 1 is 1.28 bits per heavy atom. The van der Waals surface area contributed by atoms with Crippen LogP contribution in [0.25, 0.3) is 0 Å². The molecule has 0 amide bonds. The van der Waals surface area contributed by atoms with Crippen LogP contribution in [0.5, 0.6) is 0 Å². The summed E-state index contributed by atoms with van der Waals surface area (Å²) in [6, 6.07) is 6.01. The topological polar surface area (TPSA) is 52.6 Å². The van der Waals surface area contributed by atoms with Gasteiger partial charge in [0.25, 0.3) is 0 Å². The molecule has 2 N–H and O–H groups in total. The number of nitrogens with zero attached hydrogens (tertiary/aromatic N) is 1. The molecule has 4 nitrogen and oxygen atoms in total. The van der Waals surface area contributed by atoms with E-state index in [4.69, 9.17) is 5.11 Å². The summed E-state index contributed by atoms with van der Waals surface area (Å²) in [4.78, 5) is 13.4. The second-order valence-electron chi connectivity index (χ2n) is 5.12. The fourth-order valence-electron chi connectivity index (χ4n) is 2.85. The van der Waals surface area contributed by atoms with Gasteiger partial charge in [-0.05, 0) is 42.5 Å². The molecule has 0 bridgehead atoms. The first-order valence-corrected chi connectivity index (χ1v) is 6.57. The van der Waals surface area contributed by atoms with Gasteiger partial charge in [-0.25, -0.2) is 0 Å². The lowest BCUT2D eigenvalue weighted by molar-refractivity contribution is -0.139. The molecule has 1 aromatic rings. The largest absolute Gasteiger partial charge is 0.480 e. The molecule has 1 unspecified atom stereocenters. The van der Waals surface area contributed by atoms with E-state index < -0.39 is 12.0 Å². The van der Waals surface area contributed by atoms with Crippen LogP contribution < -0.4 is 10.2 Å². The van der Waals surface area contributed by atoms with Crippen molar-refractivity contribution in [1.29, 1.82) is 0 Å². The summed E-state index contributed by atoms with van der Waals surface area (Å²) < 4.78 is 0. The Labute approximate surface area is 107 Å². The van der Waals surface area contributed by atoms with E-state index in [1.807, 2.05) is 0 Å².